The number of nitrogens with one attached hydrogen (secondary N) is 2. The van der Waals surface area contributed by atoms with Gasteiger partial charge in [-0.2, -0.15) is 0 Å². The van der Waals surface area contributed by atoms with Gasteiger partial charge in [0.2, 0.25) is 0 Å². The molecule has 2 N–H and O–H groups in total. The molecule has 1 aliphatic carbocycles. The Labute approximate surface area is 112 Å². The lowest BCUT2D eigenvalue weighted by Crippen LogP contribution is -2.34. The number of pyridine rings is 1. The fourth-order valence-electron chi connectivity index (χ4n) is 1.66. The molecule has 104 valence electrons. The molecule has 1 aliphatic rings. The van der Waals surface area contributed by atoms with E-state index in [1.54, 1.807) is 18.3 Å². The molecule has 1 aromatic heterocycles. The lowest BCUT2D eigenvalue weighted by Gasteiger charge is -2.15. The van der Waals surface area contributed by atoms with Gasteiger partial charge in [0, 0.05) is 26.5 Å². The Balaban J connectivity index is 1.97. The van der Waals surface area contributed by atoms with Crippen LogP contribution in [0.1, 0.15) is 23.2 Å². The average Bonchev–Trinajstić information content (AvgIpc) is 3.24. The molecule has 0 aromatic carbocycles. The Morgan fingerprint density at radius 3 is 2.84 bits per heavy atom. The molecule has 1 amide bonds. The maximum atomic E-state index is 12.1. The monoisotopic (exact) mass is 265 g/mol. The van der Waals surface area contributed by atoms with Crippen molar-refractivity contribution < 1.29 is 14.3 Å². The summed E-state index contributed by atoms with van der Waals surface area (Å²) >= 11 is 0. The number of methoxy groups -OCH3 is 2. The van der Waals surface area contributed by atoms with E-state index in [0.717, 1.165) is 12.8 Å². The number of rotatable bonds is 7. The first-order valence-electron chi connectivity index (χ1n) is 6.30. The largest absolute Gasteiger partial charge is 0.367 e. The third-order valence-corrected chi connectivity index (χ3v) is 2.93. The smallest absolute Gasteiger partial charge is 0.255 e. The number of ether oxygens (including phenoxy) is 2. The van der Waals surface area contributed by atoms with E-state index in [1.165, 1.54) is 14.2 Å². The van der Waals surface area contributed by atoms with Crippen LogP contribution in [-0.2, 0) is 9.47 Å². The molecule has 0 atom stereocenters. The lowest BCUT2D eigenvalue weighted by molar-refractivity contribution is -0.0974. The van der Waals surface area contributed by atoms with Crippen LogP contribution in [0.4, 0.5) is 5.82 Å². The summed E-state index contributed by atoms with van der Waals surface area (Å²) in [6, 6.07) is 3.95. The zero-order valence-corrected chi connectivity index (χ0v) is 11.2. The van der Waals surface area contributed by atoms with Crippen molar-refractivity contribution in [3.8, 4) is 0 Å². The van der Waals surface area contributed by atoms with Gasteiger partial charge in [-0.1, -0.05) is 0 Å². The van der Waals surface area contributed by atoms with Gasteiger partial charge >= 0.3 is 0 Å². The molecule has 1 aromatic rings. The molecule has 1 heterocycles. The summed E-state index contributed by atoms with van der Waals surface area (Å²) < 4.78 is 10.0. The molecule has 0 bridgehead atoms. The van der Waals surface area contributed by atoms with Crippen molar-refractivity contribution in [2.45, 2.75) is 25.2 Å². The topological polar surface area (TPSA) is 72.5 Å². The second-order valence-corrected chi connectivity index (χ2v) is 4.43. The highest BCUT2D eigenvalue weighted by Gasteiger charge is 2.23. The number of nitrogens with zero attached hydrogens (tertiary/aromatic N) is 1. The third-order valence-electron chi connectivity index (χ3n) is 2.93. The second-order valence-electron chi connectivity index (χ2n) is 4.43. The molecule has 0 radical (unpaired) electrons. The van der Waals surface area contributed by atoms with Crippen molar-refractivity contribution in [1.29, 1.82) is 0 Å². The summed E-state index contributed by atoms with van der Waals surface area (Å²) in [5.41, 5.74) is 0.542. The van der Waals surface area contributed by atoms with E-state index in [0.29, 0.717) is 24.0 Å². The first-order chi connectivity index (χ1) is 9.24. The van der Waals surface area contributed by atoms with Crippen LogP contribution in [0.25, 0.3) is 0 Å². The molecule has 2 rings (SSSR count). The van der Waals surface area contributed by atoms with Gasteiger partial charge in [-0.25, -0.2) is 4.98 Å². The fourth-order valence-corrected chi connectivity index (χ4v) is 1.66. The van der Waals surface area contributed by atoms with Crippen LogP contribution in [0.15, 0.2) is 18.3 Å². The number of amides is 1. The molecular weight excluding hydrogens is 246 g/mol. The summed E-state index contributed by atoms with van der Waals surface area (Å²) in [5.74, 6) is 0.448. The second kappa shape index (κ2) is 6.49. The summed E-state index contributed by atoms with van der Waals surface area (Å²) in [7, 11) is 3.06. The number of aromatic nitrogens is 1. The quantitative estimate of drug-likeness (QED) is 0.720. The maximum Gasteiger partial charge on any atom is 0.255 e. The van der Waals surface area contributed by atoms with Gasteiger partial charge in [-0.05, 0) is 25.0 Å². The molecule has 0 aliphatic heterocycles. The summed E-state index contributed by atoms with van der Waals surface area (Å²) in [6.45, 7) is 0.295. The van der Waals surface area contributed by atoms with Gasteiger partial charge in [0.05, 0.1) is 12.1 Å². The highest BCUT2D eigenvalue weighted by Crippen LogP contribution is 2.25. The predicted molar refractivity (Wildman–Crippen MR) is 71.0 cm³/mol. The number of hydrogen-bond donors (Lipinski definition) is 2. The lowest BCUT2D eigenvalue weighted by atomic mass is 10.2. The van der Waals surface area contributed by atoms with E-state index >= 15 is 0 Å². The minimum atomic E-state index is -0.444. The Morgan fingerprint density at radius 1 is 1.47 bits per heavy atom. The minimum absolute atomic E-state index is 0.185. The minimum Gasteiger partial charge on any atom is -0.367 e. The molecule has 0 saturated heterocycles. The van der Waals surface area contributed by atoms with Crippen molar-refractivity contribution in [1.82, 2.24) is 10.3 Å². The zero-order chi connectivity index (χ0) is 13.7. The van der Waals surface area contributed by atoms with Gasteiger partial charge in [0.1, 0.15) is 5.82 Å². The predicted octanol–water partition coefficient (Wildman–Crippen LogP) is 1.00. The van der Waals surface area contributed by atoms with E-state index in [2.05, 4.69) is 15.6 Å². The highest BCUT2D eigenvalue weighted by molar-refractivity contribution is 5.98. The van der Waals surface area contributed by atoms with Crippen LogP contribution in [0, 0.1) is 0 Å². The molecule has 0 spiro atoms. The molecule has 6 nitrogen and oxygen atoms in total. The maximum absolute atomic E-state index is 12.1. The Bertz CT molecular complexity index is 431. The Kier molecular flexibility index (Phi) is 4.70. The summed E-state index contributed by atoms with van der Waals surface area (Å²) in [6.07, 6.45) is 3.50. The average molecular weight is 265 g/mol. The van der Waals surface area contributed by atoms with Crippen molar-refractivity contribution in [3.63, 3.8) is 0 Å². The van der Waals surface area contributed by atoms with Crippen molar-refractivity contribution in [3.05, 3.63) is 23.9 Å². The molecular formula is C13H19N3O3. The molecule has 1 saturated carbocycles. The van der Waals surface area contributed by atoms with Gasteiger partial charge in [0.25, 0.3) is 5.91 Å². The Hall–Kier alpha value is -1.66. The van der Waals surface area contributed by atoms with Crippen LogP contribution in [0.3, 0.4) is 0 Å². The number of hydrogen-bond acceptors (Lipinski definition) is 5. The van der Waals surface area contributed by atoms with Crippen molar-refractivity contribution in [2.75, 3.05) is 26.1 Å². The van der Waals surface area contributed by atoms with Crippen LogP contribution >= 0.6 is 0 Å². The molecule has 19 heavy (non-hydrogen) atoms. The van der Waals surface area contributed by atoms with Gasteiger partial charge < -0.3 is 20.1 Å². The molecule has 1 fully saturated rings. The van der Waals surface area contributed by atoms with E-state index in [1.807, 2.05) is 0 Å². The van der Waals surface area contributed by atoms with E-state index in [9.17, 15) is 4.79 Å². The van der Waals surface area contributed by atoms with Crippen LogP contribution in [0.5, 0.6) is 0 Å². The van der Waals surface area contributed by atoms with Crippen molar-refractivity contribution in [2.24, 2.45) is 0 Å². The van der Waals surface area contributed by atoms with Gasteiger partial charge in [0.15, 0.2) is 6.29 Å². The zero-order valence-electron chi connectivity index (χ0n) is 11.2. The summed E-state index contributed by atoms with van der Waals surface area (Å²) in [4.78, 5) is 16.3. The SMILES string of the molecule is COC(CNC(=O)c1cccnc1NC1CC1)OC. The normalized spacial score (nSPS) is 14.5. The standard InChI is InChI=1S/C13H19N3O3/c1-18-11(19-2)8-15-13(17)10-4-3-7-14-12(10)16-9-5-6-9/h3-4,7,9,11H,5-6,8H2,1-2H3,(H,14,16)(H,15,17). The van der Waals surface area contributed by atoms with Crippen LogP contribution in [-0.4, -0.2) is 44.0 Å². The van der Waals surface area contributed by atoms with E-state index < -0.39 is 6.29 Å². The van der Waals surface area contributed by atoms with Crippen LogP contribution in [0.2, 0.25) is 0 Å². The van der Waals surface area contributed by atoms with E-state index in [-0.39, 0.29) is 5.91 Å². The fraction of sp³-hybridized carbons (Fsp3) is 0.538. The van der Waals surface area contributed by atoms with Crippen LogP contribution < -0.4 is 10.6 Å². The number of carbonyl (C=O) groups excluding carboxylic acids is 1. The van der Waals surface area contributed by atoms with Crippen molar-refractivity contribution >= 4 is 11.7 Å². The van der Waals surface area contributed by atoms with Gasteiger partial charge in [-0.15, -0.1) is 0 Å². The number of anilines is 1. The highest BCUT2D eigenvalue weighted by atomic mass is 16.7. The third kappa shape index (κ3) is 3.90. The Morgan fingerprint density at radius 2 is 2.21 bits per heavy atom. The summed E-state index contributed by atoms with van der Waals surface area (Å²) in [5, 5.41) is 6.01. The van der Waals surface area contributed by atoms with Gasteiger partial charge in [-0.3, -0.25) is 4.79 Å². The first kappa shape index (κ1) is 13.8. The van der Waals surface area contributed by atoms with E-state index in [4.69, 9.17) is 9.47 Å². The number of carbonyl (C=O) groups is 1. The molecule has 0 unspecified atom stereocenters. The first-order valence-corrected chi connectivity index (χ1v) is 6.30. The molecule has 6 heteroatoms.